The van der Waals surface area contributed by atoms with E-state index in [-0.39, 0.29) is 0 Å². The first-order valence-corrected chi connectivity index (χ1v) is 13.1. The first-order chi connectivity index (χ1) is 20.3. The van der Waals surface area contributed by atoms with Gasteiger partial charge in [-0.3, -0.25) is 0 Å². The molecule has 7 aromatic rings. The van der Waals surface area contributed by atoms with E-state index in [9.17, 15) is 0 Å². The van der Waals surface area contributed by atoms with Crippen LogP contribution in [0.5, 0.6) is 11.5 Å². The molecule has 0 spiro atoms. The summed E-state index contributed by atoms with van der Waals surface area (Å²) >= 11 is 0. The number of hydrogen-bond donors (Lipinski definition) is 0. The zero-order valence-corrected chi connectivity index (χ0v) is 21.7. The standard InChI is InChI=1S/C34H22N4O3/c1-3-7-23(8-4-1)24-11-13-26(14-12-24)32-36-38-34(41-32)28-17-21-30(22-18-28)39-29-19-15-27(16-20-29)33-37-35-31(40-33)25-9-5-2-6-10-25/h1-22H. The minimum absolute atomic E-state index is 0.442. The Morgan fingerprint density at radius 1 is 0.317 bits per heavy atom. The Bertz CT molecular complexity index is 1880. The number of rotatable bonds is 7. The van der Waals surface area contributed by atoms with Gasteiger partial charge in [-0.25, -0.2) is 0 Å². The topological polar surface area (TPSA) is 87.1 Å². The van der Waals surface area contributed by atoms with Gasteiger partial charge in [-0.15, -0.1) is 20.4 Å². The van der Waals surface area contributed by atoms with Crippen LogP contribution in [0.4, 0.5) is 0 Å². The third-order valence-corrected chi connectivity index (χ3v) is 6.55. The van der Waals surface area contributed by atoms with Crippen LogP contribution in [0, 0.1) is 0 Å². The minimum Gasteiger partial charge on any atom is -0.457 e. The van der Waals surface area contributed by atoms with Crippen molar-refractivity contribution in [2.24, 2.45) is 0 Å². The van der Waals surface area contributed by atoms with Crippen LogP contribution in [0.15, 0.2) is 142 Å². The molecule has 0 aliphatic heterocycles. The second kappa shape index (κ2) is 10.7. The Kier molecular flexibility index (Phi) is 6.35. The van der Waals surface area contributed by atoms with Crippen molar-refractivity contribution in [2.75, 3.05) is 0 Å². The maximum absolute atomic E-state index is 6.02. The van der Waals surface area contributed by atoms with Crippen molar-refractivity contribution in [3.05, 3.63) is 133 Å². The molecule has 0 atom stereocenters. The first-order valence-electron chi connectivity index (χ1n) is 13.1. The molecule has 0 amide bonds. The van der Waals surface area contributed by atoms with Crippen molar-refractivity contribution in [3.8, 4) is 68.4 Å². The van der Waals surface area contributed by atoms with Crippen molar-refractivity contribution in [3.63, 3.8) is 0 Å². The van der Waals surface area contributed by atoms with E-state index in [1.165, 1.54) is 0 Å². The molecule has 0 fully saturated rings. The second-order valence-electron chi connectivity index (χ2n) is 9.28. The largest absolute Gasteiger partial charge is 0.457 e. The number of ether oxygens (including phenoxy) is 1. The minimum atomic E-state index is 0.442. The fourth-order valence-corrected chi connectivity index (χ4v) is 4.40. The summed E-state index contributed by atoms with van der Waals surface area (Å²) in [4.78, 5) is 0. The van der Waals surface area contributed by atoms with Crippen LogP contribution in [-0.4, -0.2) is 20.4 Å². The van der Waals surface area contributed by atoms with Gasteiger partial charge < -0.3 is 13.6 Å². The Morgan fingerprint density at radius 2 is 0.610 bits per heavy atom. The molecule has 0 saturated heterocycles. The van der Waals surface area contributed by atoms with E-state index < -0.39 is 0 Å². The highest BCUT2D eigenvalue weighted by molar-refractivity contribution is 5.67. The highest BCUT2D eigenvalue weighted by Gasteiger charge is 2.13. The number of aromatic nitrogens is 4. The summed E-state index contributed by atoms with van der Waals surface area (Å²) in [7, 11) is 0. The lowest BCUT2D eigenvalue weighted by Gasteiger charge is -2.06. The van der Waals surface area contributed by atoms with Crippen molar-refractivity contribution in [2.45, 2.75) is 0 Å². The molecule has 196 valence electrons. The Hall–Kier alpha value is -5.82. The number of nitrogens with zero attached hydrogens (tertiary/aromatic N) is 4. The molecule has 2 aromatic heterocycles. The van der Waals surface area contributed by atoms with Gasteiger partial charge in [-0.2, -0.15) is 0 Å². The molecular weight excluding hydrogens is 512 g/mol. The maximum Gasteiger partial charge on any atom is 0.248 e. The van der Waals surface area contributed by atoms with Gasteiger partial charge in [0.1, 0.15) is 11.5 Å². The molecule has 7 nitrogen and oxygen atoms in total. The summed E-state index contributed by atoms with van der Waals surface area (Å²) in [6.45, 7) is 0. The molecule has 0 aliphatic carbocycles. The predicted molar refractivity (Wildman–Crippen MR) is 156 cm³/mol. The normalized spacial score (nSPS) is 10.9. The number of hydrogen-bond acceptors (Lipinski definition) is 7. The van der Waals surface area contributed by atoms with Crippen LogP contribution >= 0.6 is 0 Å². The monoisotopic (exact) mass is 534 g/mol. The van der Waals surface area contributed by atoms with Crippen LogP contribution in [0.3, 0.4) is 0 Å². The molecule has 41 heavy (non-hydrogen) atoms. The first kappa shape index (κ1) is 24.2. The van der Waals surface area contributed by atoms with E-state index in [2.05, 4.69) is 44.7 Å². The summed E-state index contributed by atoms with van der Waals surface area (Å²) in [5.41, 5.74) is 5.65. The quantitative estimate of drug-likeness (QED) is 0.202. The summed E-state index contributed by atoms with van der Waals surface area (Å²) in [5.74, 6) is 3.21. The fourth-order valence-electron chi connectivity index (χ4n) is 4.40. The molecule has 0 unspecified atom stereocenters. The van der Waals surface area contributed by atoms with E-state index in [4.69, 9.17) is 13.6 Å². The van der Waals surface area contributed by atoms with E-state index in [1.54, 1.807) is 0 Å². The lowest BCUT2D eigenvalue weighted by atomic mass is 10.0. The second-order valence-corrected chi connectivity index (χ2v) is 9.28. The average Bonchev–Trinajstić information content (AvgIpc) is 3.74. The summed E-state index contributed by atoms with van der Waals surface area (Å²) < 4.78 is 17.8. The highest BCUT2D eigenvalue weighted by Crippen LogP contribution is 2.30. The van der Waals surface area contributed by atoms with Crippen molar-refractivity contribution < 1.29 is 13.6 Å². The van der Waals surface area contributed by atoms with Gasteiger partial charge in [0.25, 0.3) is 0 Å². The zero-order chi connectivity index (χ0) is 27.4. The van der Waals surface area contributed by atoms with Crippen LogP contribution in [0.2, 0.25) is 0 Å². The van der Waals surface area contributed by atoms with Crippen LogP contribution < -0.4 is 4.74 Å². The summed E-state index contributed by atoms with van der Waals surface area (Å²) in [6, 6.07) is 43.0. The molecule has 7 rings (SSSR count). The van der Waals surface area contributed by atoms with E-state index >= 15 is 0 Å². The molecule has 0 N–H and O–H groups in total. The Labute approximate surface area is 235 Å². The average molecular weight is 535 g/mol. The molecule has 5 aromatic carbocycles. The number of benzene rings is 5. The van der Waals surface area contributed by atoms with Gasteiger partial charge in [-0.1, -0.05) is 60.7 Å². The summed E-state index contributed by atoms with van der Waals surface area (Å²) in [5, 5.41) is 16.8. The molecular formula is C34H22N4O3. The molecule has 0 bridgehead atoms. The van der Waals surface area contributed by atoms with Crippen LogP contribution in [0.1, 0.15) is 0 Å². The maximum atomic E-state index is 6.02. The van der Waals surface area contributed by atoms with Gasteiger partial charge in [0.15, 0.2) is 0 Å². The lowest BCUT2D eigenvalue weighted by molar-refractivity contribution is 0.482. The van der Waals surface area contributed by atoms with Gasteiger partial charge >= 0.3 is 0 Å². The van der Waals surface area contributed by atoms with Crippen molar-refractivity contribution in [1.29, 1.82) is 0 Å². The van der Waals surface area contributed by atoms with Gasteiger partial charge in [-0.05, 0) is 83.9 Å². The smallest absolute Gasteiger partial charge is 0.248 e. The van der Waals surface area contributed by atoms with Gasteiger partial charge in [0, 0.05) is 22.3 Å². The van der Waals surface area contributed by atoms with E-state index in [0.29, 0.717) is 35.1 Å². The highest BCUT2D eigenvalue weighted by atomic mass is 16.5. The third kappa shape index (κ3) is 5.24. The molecule has 2 heterocycles. The lowest BCUT2D eigenvalue weighted by Crippen LogP contribution is -1.85. The molecule has 0 aliphatic rings. The van der Waals surface area contributed by atoms with E-state index in [0.717, 1.165) is 33.4 Å². The van der Waals surface area contributed by atoms with E-state index in [1.807, 2.05) is 109 Å². The fraction of sp³-hybridized carbons (Fsp3) is 0. The Balaban J connectivity index is 1.01. The van der Waals surface area contributed by atoms with Crippen LogP contribution in [-0.2, 0) is 0 Å². The SMILES string of the molecule is c1ccc(-c2ccc(-c3nnc(-c4ccc(Oc5ccc(-c6nnc(-c7ccccc7)o6)cc5)cc4)o3)cc2)cc1. The molecule has 7 heteroatoms. The van der Waals surface area contributed by atoms with Crippen LogP contribution in [0.25, 0.3) is 56.9 Å². The molecule has 0 radical (unpaired) electrons. The van der Waals surface area contributed by atoms with Gasteiger partial charge in [0.2, 0.25) is 23.6 Å². The van der Waals surface area contributed by atoms with Gasteiger partial charge in [0.05, 0.1) is 0 Å². The third-order valence-electron chi connectivity index (χ3n) is 6.55. The zero-order valence-electron chi connectivity index (χ0n) is 21.7. The van der Waals surface area contributed by atoms with Crippen molar-refractivity contribution >= 4 is 0 Å². The molecule has 0 saturated carbocycles. The van der Waals surface area contributed by atoms with Crippen molar-refractivity contribution in [1.82, 2.24) is 20.4 Å². The predicted octanol–water partition coefficient (Wildman–Crippen LogP) is 8.58. The summed E-state index contributed by atoms with van der Waals surface area (Å²) in [6.07, 6.45) is 0. The Morgan fingerprint density at radius 3 is 1.02 bits per heavy atom.